The van der Waals surface area contributed by atoms with Gasteiger partial charge in [0.25, 0.3) is 21.5 Å². The molecule has 0 saturated heterocycles. The Morgan fingerprint density at radius 3 is 1.88 bits per heavy atom. The zero-order valence-corrected chi connectivity index (χ0v) is 13.6. The first kappa shape index (κ1) is 23.4. The van der Waals surface area contributed by atoms with Crippen LogP contribution in [0.3, 0.4) is 0 Å². The quantitative estimate of drug-likeness (QED) is 0.221. The number of aliphatic hydroxyl groups excluding tert-OH is 1. The molecule has 0 bridgehead atoms. The second-order valence-electron chi connectivity index (χ2n) is 2.05. The second kappa shape index (κ2) is 12.4. The molecule has 0 radical (unpaired) electrons. The number of aliphatic hydroxyl groups is 1. The molecule has 0 saturated carbocycles. The Morgan fingerprint density at radius 1 is 1.29 bits per heavy atom. The largest absolute Gasteiger partial charge is 1.00 e. The van der Waals surface area contributed by atoms with E-state index in [1.165, 1.54) is 0 Å². The van der Waals surface area contributed by atoms with E-state index in [-0.39, 0.29) is 36.9 Å². The van der Waals surface area contributed by atoms with Gasteiger partial charge >= 0.3 is 40.9 Å². The third kappa shape index (κ3) is 22.9. The van der Waals surface area contributed by atoms with Crippen LogP contribution in [0.2, 0.25) is 0 Å². The number of hydrogen-bond donors (Lipinski definition) is 4. The van der Waals surface area contributed by atoms with Crippen LogP contribution in [0.15, 0.2) is 0 Å². The van der Waals surface area contributed by atoms with E-state index in [0.717, 1.165) is 0 Å². The van der Waals surface area contributed by atoms with Crippen molar-refractivity contribution in [3.63, 3.8) is 0 Å². The minimum Gasteiger partial charge on any atom is -1.00 e. The van der Waals surface area contributed by atoms with Gasteiger partial charge in [0, 0.05) is 5.88 Å². The maximum Gasteiger partial charge on any atom is 1.00 e. The fourth-order valence-electron chi connectivity index (χ4n) is 0.397. The molecule has 2 atom stereocenters. The smallest absolute Gasteiger partial charge is 1.00 e. The van der Waals surface area contributed by atoms with Crippen LogP contribution >= 0.6 is 11.6 Å². The number of rotatable bonds is 5. The van der Waals surface area contributed by atoms with Gasteiger partial charge < -0.3 is 6.53 Å². The molecule has 0 aliphatic rings. The molecule has 0 aliphatic heterocycles. The van der Waals surface area contributed by atoms with Crippen LogP contribution < -0.4 is 29.6 Å². The van der Waals surface area contributed by atoms with Crippen molar-refractivity contribution in [1.29, 1.82) is 0 Å². The van der Waals surface area contributed by atoms with E-state index in [1.807, 2.05) is 0 Å². The minimum atomic E-state index is -4.18. The molecule has 0 spiro atoms. The summed E-state index contributed by atoms with van der Waals surface area (Å²) < 4.78 is 65.6. The van der Waals surface area contributed by atoms with Crippen LogP contribution in [-0.2, 0) is 36.5 Å². The van der Waals surface area contributed by atoms with Crippen molar-refractivity contribution in [3.8, 4) is 0 Å². The SMILES string of the molecule is O=S(O)O.O=S(O)OS(=O)(=O)CC(O)CCl.[H-].[Na+]. The fourth-order valence-corrected chi connectivity index (χ4v) is 2.16. The Morgan fingerprint density at radius 2 is 1.65 bits per heavy atom. The molecule has 0 heterocycles. The van der Waals surface area contributed by atoms with Gasteiger partial charge in [0.1, 0.15) is 5.75 Å². The maximum absolute atomic E-state index is 10.6. The van der Waals surface area contributed by atoms with Crippen LogP contribution in [0, 0.1) is 0 Å². The molecule has 9 nitrogen and oxygen atoms in total. The predicted molar refractivity (Wildman–Crippen MR) is 56.9 cm³/mol. The first-order valence-corrected chi connectivity index (χ1v) is 7.39. The number of halogens is 1. The molecular formula is C3H10ClNaO9S3. The summed E-state index contributed by atoms with van der Waals surface area (Å²) in [6.07, 6.45) is -1.31. The first-order valence-electron chi connectivity index (χ1n) is 3.18. The van der Waals surface area contributed by atoms with E-state index in [9.17, 15) is 12.6 Å². The van der Waals surface area contributed by atoms with Gasteiger partial charge in [0.05, 0.1) is 6.10 Å². The molecule has 0 rings (SSSR count). The van der Waals surface area contributed by atoms with E-state index < -0.39 is 44.7 Å². The van der Waals surface area contributed by atoms with E-state index in [2.05, 4.69) is 3.63 Å². The summed E-state index contributed by atoms with van der Waals surface area (Å²) in [6.45, 7) is 0. The first-order chi connectivity index (χ1) is 7.10. The van der Waals surface area contributed by atoms with E-state index >= 15 is 0 Å². The monoisotopic (exact) mass is 344 g/mol. The number of alkyl halides is 1. The van der Waals surface area contributed by atoms with Gasteiger partial charge in [-0.15, -0.1) is 15.2 Å². The summed E-state index contributed by atoms with van der Waals surface area (Å²) in [4.78, 5) is 0. The van der Waals surface area contributed by atoms with Crippen molar-refractivity contribution in [2.75, 3.05) is 11.6 Å². The molecule has 14 heteroatoms. The zero-order valence-electron chi connectivity index (χ0n) is 9.42. The van der Waals surface area contributed by atoms with Crippen LogP contribution in [0.1, 0.15) is 1.43 Å². The van der Waals surface area contributed by atoms with Crippen molar-refractivity contribution in [3.05, 3.63) is 0 Å². The molecule has 0 aromatic rings. The molecule has 17 heavy (non-hydrogen) atoms. The third-order valence-corrected chi connectivity index (χ3v) is 3.18. The Hall–Kier alpha value is 1.34. The average Bonchev–Trinajstić information content (AvgIpc) is 1.99. The Kier molecular flexibility index (Phi) is 17.1. The summed E-state index contributed by atoms with van der Waals surface area (Å²) in [5.74, 6) is -1.09. The van der Waals surface area contributed by atoms with Gasteiger partial charge in [-0.3, -0.25) is 13.7 Å². The molecule has 102 valence electrons. The fraction of sp³-hybridized carbons (Fsp3) is 1.00. The summed E-state index contributed by atoms with van der Waals surface area (Å²) in [5.41, 5.74) is 0. The van der Waals surface area contributed by atoms with Crippen LogP contribution in [0.4, 0.5) is 0 Å². The van der Waals surface area contributed by atoms with Crippen molar-refractivity contribution in [2.24, 2.45) is 0 Å². The van der Waals surface area contributed by atoms with Crippen molar-refractivity contribution in [2.45, 2.75) is 6.10 Å². The molecule has 0 aromatic carbocycles. The van der Waals surface area contributed by atoms with E-state index in [1.54, 1.807) is 0 Å². The molecule has 0 fully saturated rings. The normalized spacial score (nSPS) is 14.2. The van der Waals surface area contributed by atoms with Gasteiger partial charge in [-0.2, -0.15) is 16.8 Å². The molecule has 4 N–H and O–H groups in total. The predicted octanol–water partition coefficient (Wildman–Crippen LogP) is -4.13. The van der Waals surface area contributed by atoms with Crippen molar-refractivity contribution < 1.29 is 70.2 Å². The van der Waals surface area contributed by atoms with Gasteiger partial charge in [0.15, 0.2) is 0 Å². The van der Waals surface area contributed by atoms with Crippen LogP contribution in [0.5, 0.6) is 0 Å². The Labute approximate surface area is 131 Å². The molecule has 0 amide bonds. The van der Waals surface area contributed by atoms with Gasteiger partial charge in [-0.1, -0.05) is 0 Å². The zero-order chi connectivity index (χ0) is 13.4. The summed E-state index contributed by atoms with van der Waals surface area (Å²) in [7, 11) is -4.18. The second-order valence-corrected chi connectivity index (χ2v) is 5.25. The van der Waals surface area contributed by atoms with Gasteiger partial charge in [0.2, 0.25) is 0 Å². The summed E-state index contributed by atoms with van der Waals surface area (Å²) >= 11 is -0.420. The maximum atomic E-state index is 10.6. The Bertz CT molecular complexity index is 332. The van der Waals surface area contributed by atoms with Gasteiger partial charge in [-0.25, -0.2) is 0 Å². The Balaban J connectivity index is -0.000000143. The van der Waals surface area contributed by atoms with Gasteiger partial charge in [-0.05, 0) is 0 Å². The molecular weight excluding hydrogens is 335 g/mol. The molecule has 2 unspecified atom stereocenters. The van der Waals surface area contributed by atoms with E-state index in [4.69, 9.17) is 34.6 Å². The van der Waals surface area contributed by atoms with Crippen molar-refractivity contribution in [1.82, 2.24) is 0 Å². The number of hydrogen-bond acceptors (Lipinski definition) is 6. The van der Waals surface area contributed by atoms with Crippen molar-refractivity contribution >= 4 is 44.4 Å². The minimum absolute atomic E-state index is 0. The third-order valence-electron chi connectivity index (χ3n) is 0.737. The van der Waals surface area contributed by atoms with Crippen LogP contribution in [-0.4, -0.2) is 53.3 Å². The molecule has 0 aliphatic carbocycles. The van der Waals surface area contributed by atoms with E-state index in [0.29, 0.717) is 0 Å². The molecule has 0 aromatic heterocycles. The average molecular weight is 345 g/mol. The standard InChI is InChI=1S/C3H7ClO6S2.Na.H2O3S.H/c4-1-3(5)2-12(8,9)10-11(6)7;;1-4(2)3;/h3,5H,1-2H2,(H,6,7);;(H2,1,2,3);/q;+1;;-1. The topological polar surface area (TPSA) is 158 Å². The summed E-state index contributed by atoms with van der Waals surface area (Å²) in [5, 5.41) is 8.73. The van der Waals surface area contributed by atoms with Crippen LogP contribution in [0.25, 0.3) is 0 Å². The summed E-state index contributed by atoms with van der Waals surface area (Å²) in [6, 6.07) is 0.